The first-order chi connectivity index (χ1) is 10.3. The van der Waals surface area contributed by atoms with E-state index < -0.39 is 0 Å². The van der Waals surface area contributed by atoms with E-state index in [1.54, 1.807) is 0 Å². The van der Waals surface area contributed by atoms with Crippen molar-refractivity contribution in [3.05, 3.63) is 21.9 Å². The molecule has 4 nitrogen and oxygen atoms in total. The van der Waals surface area contributed by atoms with Crippen molar-refractivity contribution >= 4 is 11.3 Å². The van der Waals surface area contributed by atoms with Crippen LogP contribution in [0.25, 0.3) is 0 Å². The number of nitrogens with one attached hydrogen (secondary N) is 1. The van der Waals surface area contributed by atoms with E-state index in [4.69, 9.17) is 9.84 Å². The van der Waals surface area contributed by atoms with Gasteiger partial charge in [-0.25, -0.2) is 0 Å². The summed E-state index contributed by atoms with van der Waals surface area (Å²) >= 11 is 1.85. The number of hydrogen-bond donors (Lipinski definition) is 2. The Balaban J connectivity index is 1.42. The molecule has 0 aromatic carbocycles. The van der Waals surface area contributed by atoms with E-state index in [0.717, 1.165) is 65.0 Å². The Kier molecular flexibility index (Phi) is 5.29. The molecular formula is C16H26N2O2S. The Morgan fingerprint density at radius 1 is 1.24 bits per heavy atom. The standard InChI is InChI=1S/C16H26N2O2S/c19-11-4-15-2-1-14(21-15)3-8-18-9-5-16(6-10-18)13-17-7-12-20-16/h1-2,17,19H,3-13H2. The molecule has 0 atom stereocenters. The van der Waals surface area contributed by atoms with Crippen molar-refractivity contribution in [2.24, 2.45) is 0 Å². The van der Waals surface area contributed by atoms with Crippen molar-refractivity contribution in [2.75, 3.05) is 45.9 Å². The summed E-state index contributed by atoms with van der Waals surface area (Å²) in [6, 6.07) is 4.37. The third-order valence-electron chi connectivity index (χ3n) is 4.65. The number of morpholine rings is 1. The third-order valence-corrected chi connectivity index (χ3v) is 5.86. The van der Waals surface area contributed by atoms with Gasteiger partial charge in [-0.15, -0.1) is 11.3 Å². The molecule has 0 bridgehead atoms. The second-order valence-electron chi connectivity index (χ2n) is 6.14. The minimum absolute atomic E-state index is 0.117. The van der Waals surface area contributed by atoms with Gasteiger partial charge in [-0.1, -0.05) is 0 Å². The largest absolute Gasteiger partial charge is 0.396 e. The van der Waals surface area contributed by atoms with Crippen LogP contribution in [0.3, 0.4) is 0 Å². The molecule has 3 heterocycles. The third kappa shape index (κ3) is 4.05. The number of likely N-dealkylation sites (tertiary alicyclic amines) is 1. The highest BCUT2D eigenvalue weighted by atomic mass is 32.1. The second kappa shape index (κ2) is 7.20. The molecule has 2 aliphatic rings. The van der Waals surface area contributed by atoms with E-state index in [2.05, 4.69) is 22.3 Å². The smallest absolute Gasteiger partial charge is 0.0831 e. The molecule has 0 radical (unpaired) electrons. The maximum absolute atomic E-state index is 8.97. The van der Waals surface area contributed by atoms with Gasteiger partial charge in [0.15, 0.2) is 0 Å². The Morgan fingerprint density at radius 2 is 2.00 bits per heavy atom. The van der Waals surface area contributed by atoms with Gasteiger partial charge in [0.05, 0.1) is 12.2 Å². The predicted octanol–water partition coefficient (Wildman–Crippen LogP) is 1.28. The van der Waals surface area contributed by atoms with Gasteiger partial charge in [-0.05, 0) is 31.4 Å². The molecule has 0 saturated carbocycles. The van der Waals surface area contributed by atoms with Crippen LogP contribution in [-0.2, 0) is 17.6 Å². The van der Waals surface area contributed by atoms with Crippen LogP contribution in [-0.4, -0.2) is 61.5 Å². The first kappa shape index (κ1) is 15.4. The zero-order chi connectivity index (χ0) is 14.5. The van der Waals surface area contributed by atoms with Crippen molar-refractivity contribution in [2.45, 2.75) is 31.3 Å². The van der Waals surface area contributed by atoms with E-state index in [9.17, 15) is 0 Å². The number of rotatable bonds is 5. The summed E-state index contributed by atoms with van der Waals surface area (Å²) in [5.74, 6) is 0. The zero-order valence-corrected chi connectivity index (χ0v) is 13.5. The van der Waals surface area contributed by atoms with Gasteiger partial charge < -0.3 is 20.1 Å². The lowest BCUT2D eigenvalue weighted by Gasteiger charge is -2.44. The Labute approximate surface area is 131 Å². The quantitative estimate of drug-likeness (QED) is 0.860. The van der Waals surface area contributed by atoms with Crippen molar-refractivity contribution in [1.82, 2.24) is 10.2 Å². The Hall–Kier alpha value is -0.460. The van der Waals surface area contributed by atoms with Crippen LogP contribution in [0.5, 0.6) is 0 Å². The molecule has 2 saturated heterocycles. The maximum atomic E-state index is 8.97. The summed E-state index contributed by atoms with van der Waals surface area (Å²) in [5.41, 5.74) is 0.117. The fourth-order valence-corrected chi connectivity index (χ4v) is 4.28. The lowest BCUT2D eigenvalue weighted by atomic mass is 9.90. The van der Waals surface area contributed by atoms with Crippen LogP contribution in [0.4, 0.5) is 0 Å². The highest BCUT2D eigenvalue weighted by molar-refractivity contribution is 7.11. The van der Waals surface area contributed by atoms with E-state index in [1.807, 2.05) is 11.3 Å². The molecule has 3 rings (SSSR count). The number of aliphatic hydroxyl groups is 1. The molecule has 1 spiro atoms. The van der Waals surface area contributed by atoms with Gasteiger partial charge in [0, 0.05) is 55.5 Å². The van der Waals surface area contributed by atoms with Crippen molar-refractivity contribution in [3.63, 3.8) is 0 Å². The van der Waals surface area contributed by atoms with Crippen LogP contribution in [0.15, 0.2) is 12.1 Å². The van der Waals surface area contributed by atoms with Gasteiger partial charge in [0.1, 0.15) is 0 Å². The highest BCUT2D eigenvalue weighted by Crippen LogP contribution is 2.27. The summed E-state index contributed by atoms with van der Waals surface area (Å²) in [4.78, 5) is 5.30. The zero-order valence-electron chi connectivity index (χ0n) is 12.6. The van der Waals surface area contributed by atoms with E-state index in [0.29, 0.717) is 0 Å². The summed E-state index contributed by atoms with van der Waals surface area (Å²) in [5, 5.41) is 12.4. The topological polar surface area (TPSA) is 44.7 Å². The molecule has 1 aromatic rings. The molecule has 2 N–H and O–H groups in total. The van der Waals surface area contributed by atoms with Crippen LogP contribution >= 0.6 is 11.3 Å². The summed E-state index contributed by atoms with van der Waals surface area (Å²) in [6.45, 7) is 6.58. The van der Waals surface area contributed by atoms with Gasteiger partial charge in [0.2, 0.25) is 0 Å². The SMILES string of the molecule is OCCc1ccc(CCN2CCC3(CC2)CNCCO3)s1. The van der Waals surface area contributed by atoms with Crippen molar-refractivity contribution < 1.29 is 9.84 Å². The lowest BCUT2D eigenvalue weighted by molar-refractivity contribution is -0.0993. The average Bonchev–Trinajstić information content (AvgIpc) is 2.96. The number of nitrogens with zero attached hydrogens (tertiary/aromatic N) is 1. The van der Waals surface area contributed by atoms with Gasteiger partial charge in [-0.3, -0.25) is 0 Å². The second-order valence-corrected chi connectivity index (χ2v) is 7.39. The van der Waals surface area contributed by atoms with Crippen molar-refractivity contribution in [1.29, 1.82) is 0 Å². The molecular weight excluding hydrogens is 284 g/mol. The van der Waals surface area contributed by atoms with E-state index in [1.165, 1.54) is 9.75 Å². The average molecular weight is 310 g/mol. The molecule has 0 amide bonds. The Morgan fingerprint density at radius 3 is 2.67 bits per heavy atom. The number of hydrogen-bond acceptors (Lipinski definition) is 5. The maximum Gasteiger partial charge on any atom is 0.0831 e. The lowest BCUT2D eigenvalue weighted by Crippen LogP contribution is -2.55. The molecule has 2 fully saturated rings. The highest BCUT2D eigenvalue weighted by Gasteiger charge is 2.36. The fourth-order valence-electron chi connectivity index (χ4n) is 3.28. The minimum atomic E-state index is 0.117. The predicted molar refractivity (Wildman–Crippen MR) is 86.0 cm³/mol. The molecule has 21 heavy (non-hydrogen) atoms. The van der Waals surface area contributed by atoms with Crippen LogP contribution in [0.2, 0.25) is 0 Å². The molecule has 0 unspecified atom stereocenters. The fraction of sp³-hybridized carbons (Fsp3) is 0.750. The summed E-state index contributed by atoms with van der Waals surface area (Å²) in [6.07, 6.45) is 4.23. The van der Waals surface area contributed by atoms with Crippen LogP contribution < -0.4 is 5.32 Å². The van der Waals surface area contributed by atoms with E-state index in [-0.39, 0.29) is 12.2 Å². The Bertz CT molecular complexity index is 433. The number of aliphatic hydroxyl groups excluding tert-OH is 1. The van der Waals surface area contributed by atoms with Gasteiger partial charge >= 0.3 is 0 Å². The number of ether oxygens (including phenoxy) is 1. The van der Waals surface area contributed by atoms with Gasteiger partial charge in [0.25, 0.3) is 0 Å². The summed E-state index contributed by atoms with van der Waals surface area (Å²) < 4.78 is 6.04. The van der Waals surface area contributed by atoms with Crippen LogP contribution in [0.1, 0.15) is 22.6 Å². The molecule has 0 aliphatic carbocycles. The minimum Gasteiger partial charge on any atom is -0.396 e. The number of thiophene rings is 1. The molecule has 2 aliphatic heterocycles. The first-order valence-electron chi connectivity index (χ1n) is 8.05. The number of piperidine rings is 1. The van der Waals surface area contributed by atoms with Crippen molar-refractivity contribution in [3.8, 4) is 0 Å². The monoisotopic (exact) mass is 310 g/mol. The van der Waals surface area contributed by atoms with Crippen LogP contribution in [0, 0.1) is 0 Å². The molecule has 1 aromatic heterocycles. The first-order valence-corrected chi connectivity index (χ1v) is 8.87. The van der Waals surface area contributed by atoms with E-state index >= 15 is 0 Å². The summed E-state index contributed by atoms with van der Waals surface area (Å²) in [7, 11) is 0. The molecule has 5 heteroatoms. The molecule has 118 valence electrons. The normalized spacial score (nSPS) is 22.7. The van der Waals surface area contributed by atoms with Gasteiger partial charge in [-0.2, -0.15) is 0 Å².